The molecule has 0 saturated carbocycles. The number of hydrogen-bond donors (Lipinski definition) is 3. The van der Waals surface area contributed by atoms with Gasteiger partial charge in [-0.2, -0.15) is 4.31 Å². The molecule has 0 radical (unpaired) electrons. The van der Waals surface area contributed by atoms with Crippen LogP contribution >= 0.6 is 0 Å². The Bertz CT molecular complexity index is 947. The van der Waals surface area contributed by atoms with Gasteiger partial charge in [0.05, 0.1) is 15.8 Å². The van der Waals surface area contributed by atoms with Crippen LogP contribution in [0, 0.1) is 0 Å². The molecule has 124 valence electrons. The molecular weight excluding hydrogens is 320 g/mol. The average molecular weight is 338 g/mol. The smallest absolute Gasteiger partial charge is 0.326 e. The van der Waals surface area contributed by atoms with Crippen LogP contribution in [0.5, 0.6) is 0 Å². The van der Waals surface area contributed by atoms with E-state index in [0.29, 0.717) is 12.1 Å². The molecule has 0 aliphatic carbocycles. The maximum atomic E-state index is 12.9. The van der Waals surface area contributed by atoms with E-state index in [4.69, 9.17) is 5.73 Å². The van der Waals surface area contributed by atoms with Gasteiger partial charge in [-0.3, -0.25) is 9.78 Å². The maximum absolute atomic E-state index is 12.9. The monoisotopic (exact) mass is 338 g/mol. The summed E-state index contributed by atoms with van der Waals surface area (Å²) in [6.07, 6.45) is 2.47. The van der Waals surface area contributed by atoms with E-state index in [1.54, 1.807) is 0 Å². The van der Waals surface area contributed by atoms with Gasteiger partial charge in [-0.25, -0.2) is 13.2 Å². The van der Waals surface area contributed by atoms with Gasteiger partial charge in [0.25, 0.3) is 5.56 Å². The summed E-state index contributed by atoms with van der Waals surface area (Å²) in [7, 11) is -3.73. The minimum atomic E-state index is -3.73. The molecule has 1 atom stereocenters. The third-order valence-corrected chi connectivity index (χ3v) is 6.11. The number of piperidine rings is 1. The zero-order valence-corrected chi connectivity index (χ0v) is 13.2. The van der Waals surface area contributed by atoms with E-state index in [0.717, 1.165) is 19.3 Å². The van der Waals surface area contributed by atoms with Crippen LogP contribution in [0.3, 0.4) is 0 Å². The molecule has 0 spiro atoms. The Morgan fingerprint density at radius 2 is 2.00 bits per heavy atom. The highest BCUT2D eigenvalue weighted by molar-refractivity contribution is 7.89. The highest BCUT2D eigenvalue weighted by atomic mass is 32.2. The van der Waals surface area contributed by atoms with E-state index in [-0.39, 0.29) is 22.9 Å². The minimum Gasteiger partial charge on any atom is -0.329 e. The summed E-state index contributed by atoms with van der Waals surface area (Å²) in [5.41, 5.74) is 4.75. The van der Waals surface area contributed by atoms with Crippen molar-refractivity contribution < 1.29 is 8.42 Å². The first kappa shape index (κ1) is 15.9. The number of fused-ring (bicyclic) bond motifs is 1. The molecule has 2 aromatic rings. The number of aromatic amines is 2. The third-order valence-electron chi connectivity index (χ3n) is 4.16. The van der Waals surface area contributed by atoms with Crippen LogP contribution in [-0.2, 0) is 10.0 Å². The molecule has 0 bridgehead atoms. The molecule has 4 N–H and O–H groups in total. The molecule has 3 rings (SSSR count). The molecule has 1 aliphatic heterocycles. The van der Waals surface area contributed by atoms with E-state index in [1.165, 1.54) is 22.5 Å². The third kappa shape index (κ3) is 2.82. The lowest BCUT2D eigenvalue weighted by Crippen LogP contribution is -2.47. The fourth-order valence-electron chi connectivity index (χ4n) is 2.97. The minimum absolute atomic E-state index is 0.0305. The van der Waals surface area contributed by atoms with E-state index in [1.807, 2.05) is 0 Å². The number of nitrogens with one attached hydrogen (secondary N) is 2. The first-order chi connectivity index (χ1) is 10.9. The predicted molar refractivity (Wildman–Crippen MR) is 85.8 cm³/mol. The molecule has 1 fully saturated rings. The summed E-state index contributed by atoms with van der Waals surface area (Å²) < 4.78 is 27.1. The van der Waals surface area contributed by atoms with Crippen molar-refractivity contribution in [2.45, 2.75) is 30.2 Å². The highest BCUT2D eigenvalue weighted by Gasteiger charge is 2.32. The van der Waals surface area contributed by atoms with Crippen molar-refractivity contribution in [2.75, 3.05) is 13.1 Å². The number of rotatable bonds is 3. The SMILES string of the molecule is NCC1CCCCN1S(=O)(=O)c1ccc2[nH]c(=O)[nH]c(=O)c2c1. The fraction of sp³-hybridized carbons (Fsp3) is 0.429. The van der Waals surface area contributed by atoms with E-state index in [2.05, 4.69) is 9.97 Å². The Morgan fingerprint density at radius 3 is 2.74 bits per heavy atom. The molecule has 0 amide bonds. The number of hydrogen-bond acceptors (Lipinski definition) is 5. The standard InChI is InChI=1S/C14H18N4O4S/c15-8-9-3-1-2-6-18(9)23(21,22)10-4-5-12-11(7-10)13(19)17-14(20)16-12/h4-5,7,9H,1-3,6,8,15H2,(H2,16,17,19,20). The second kappa shape index (κ2) is 5.91. The molecule has 1 aromatic carbocycles. The summed E-state index contributed by atoms with van der Waals surface area (Å²) >= 11 is 0. The van der Waals surface area contributed by atoms with Gasteiger partial charge in [0.2, 0.25) is 10.0 Å². The maximum Gasteiger partial charge on any atom is 0.326 e. The summed E-state index contributed by atoms with van der Waals surface area (Å²) in [6.45, 7) is 0.685. The summed E-state index contributed by atoms with van der Waals surface area (Å²) in [4.78, 5) is 27.7. The lowest BCUT2D eigenvalue weighted by molar-refractivity contribution is 0.257. The topological polar surface area (TPSA) is 129 Å². The van der Waals surface area contributed by atoms with E-state index >= 15 is 0 Å². The van der Waals surface area contributed by atoms with Crippen LogP contribution in [0.2, 0.25) is 0 Å². The van der Waals surface area contributed by atoms with Crippen LogP contribution in [-0.4, -0.2) is 41.8 Å². The molecule has 23 heavy (non-hydrogen) atoms. The summed E-state index contributed by atoms with van der Waals surface area (Å²) in [5.74, 6) is 0. The van der Waals surface area contributed by atoms with Crippen molar-refractivity contribution in [2.24, 2.45) is 5.73 Å². The fourth-order valence-corrected chi connectivity index (χ4v) is 4.70. The van der Waals surface area contributed by atoms with Crippen molar-refractivity contribution in [1.82, 2.24) is 14.3 Å². The number of nitrogens with two attached hydrogens (primary N) is 1. The largest absolute Gasteiger partial charge is 0.329 e. The Balaban J connectivity index is 2.11. The van der Waals surface area contributed by atoms with Crippen LogP contribution in [0.15, 0.2) is 32.7 Å². The number of benzene rings is 1. The van der Waals surface area contributed by atoms with Gasteiger partial charge in [-0.1, -0.05) is 6.42 Å². The van der Waals surface area contributed by atoms with Crippen LogP contribution in [0.25, 0.3) is 10.9 Å². The van der Waals surface area contributed by atoms with Gasteiger partial charge >= 0.3 is 5.69 Å². The zero-order valence-electron chi connectivity index (χ0n) is 12.4. The molecule has 9 heteroatoms. The molecule has 1 aromatic heterocycles. The number of sulfonamides is 1. The van der Waals surface area contributed by atoms with Crippen molar-refractivity contribution in [3.63, 3.8) is 0 Å². The quantitative estimate of drug-likeness (QED) is 0.709. The second-order valence-electron chi connectivity index (χ2n) is 5.62. The Hall–Kier alpha value is -1.97. The van der Waals surface area contributed by atoms with Gasteiger partial charge in [-0.05, 0) is 31.0 Å². The van der Waals surface area contributed by atoms with Gasteiger partial charge in [0.1, 0.15) is 0 Å². The number of aromatic nitrogens is 2. The van der Waals surface area contributed by atoms with E-state index < -0.39 is 21.3 Å². The lowest BCUT2D eigenvalue weighted by Gasteiger charge is -2.33. The second-order valence-corrected chi connectivity index (χ2v) is 7.51. The summed E-state index contributed by atoms with van der Waals surface area (Å²) in [6, 6.07) is 3.90. The normalized spacial score (nSPS) is 20.0. The lowest BCUT2D eigenvalue weighted by atomic mass is 10.1. The van der Waals surface area contributed by atoms with Crippen LogP contribution in [0.4, 0.5) is 0 Å². The van der Waals surface area contributed by atoms with Crippen LogP contribution in [0.1, 0.15) is 19.3 Å². The molecule has 1 unspecified atom stereocenters. The Labute approximate surface area is 132 Å². The highest BCUT2D eigenvalue weighted by Crippen LogP contribution is 2.25. The van der Waals surface area contributed by atoms with Crippen LogP contribution < -0.4 is 17.0 Å². The van der Waals surface area contributed by atoms with Gasteiger partial charge in [0, 0.05) is 19.1 Å². The van der Waals surface area contributed by atoms with Crippen molar-refractivity contribution >= 4 is 20.9 Å². The number of H-pyrrole nitrogens is 2. The average Bonchev–Trinajstić information content (AvgIpc) is 2.54. The number of nitrogens with zero attached hydrogens (tertiary/aromatic N) is 1. The molecule has 1 saturated heterocycles. The molecule has 2 heterocycles. The van der Waals surface area contributed by atoms with Crippen molar-refractivity contribution in [3.8, 4) is 0 Å². The van der Waals surface area contributed by atoms with Gasteiger partial charge in [0.15, 0.2) is 0 Å². The zero-order chi connectivity index (χ0) is 16.6. The first-order valence-corrected chi connectivity index (χ1v) is 8.86. The first-order valence-electron chi connectivity index (χ1n) is 7.42. The molecule has 8 nitrogen and oxygen atoms in total. The molecule has 1 aliphatic rings. The van der Waals surface area contributed by atoms with E-state index in [9.17, 15) is 18.0 Å². The summed E-state index contributed by atoms with van der Waals surface area (Å²) in [5, 5.41) is 0.131. The Kier molecular flexibility index (Phi) is 4.09. The van der Waals surface area contributed by atoms with Crippen molar-refractivity contribution in [1.29, 1.82) is 0 Å². The van der Waals surface area contributed by atoms with Gasteiger partial charge < -0.3 is 10.7 Å². The van der Waals surface area contributed by atoms with Gasteiger partial charge in [-0.15, -0.1) is 0 Å². The Morgan fingerprint density at radius 1 is 1.22 bits per heavy atom. The predicted octanol–water partition coefficient (Wildman–Crippen LogP) is -0.282. The molecular formula is C14H18N4O4S. The van der Waals surface area contributed by atoms with Crippen molar-refractivity contribution in [3.05, 3.63) is 39.0 Å².